The second kappa shape index (κ2) is 8.31. The highest BCUT2D eigenvalue weighted by Crippen LogP contribution is 2.44. The lowest BCUT2D eigenvalue weighted by molar-refractivity contribution is 0.0838. The molecule has 4 aliphatic heterocycles. The van der Waals surface area contributed by atoms with Crippen LogP contribution in [-0.4, -0.2) is 76.0 Å². The van der Waals surface area contributed by atoms with Gasteiger partial charge in [-0.2, -0.15) is 10.1 Å². The summed E-state index contributed by atoms with van der Waals surface area (Å²) in [5.74, 6) is 3.34. The van der Waals surface area contributed by atoms with E-state index in [1.807, 2.05) is 6.07 Å². The van der Waals surface area contributed by atoms with Gasteiger partial charge in [0.2, 0.25) is 12.2 Å². The summed E-state index contributed by atoms with van der Waals surface area (Å²) in [5.41, 5.74) is 10.9. The van der Waals surface area contributed by atoms with Crippen LogP contribution in [0.1, 0.15) is 31.7 Å². The molecule has 0 saturated carbocycles. The minimum Gasteiger partial charge on any atom is -0.376 e. The van der Waals surface area contributed by atoms with Crippen molar-refractivity contribution in [2.45, 2.75) is 44.8 Å². The zero-order valence-electron chi connectivity index (χ0n) is 20.4. The second-order valence-electron chi connectivity index (χ2n) is 10.4. The quantitative estimate of drug-likeness (QED) is 0.497. The maximum atomic E-state index is 6.50. The molecule has 1 aromatic carbocycles. The average molecular weight is 490 g/mol. The molecule has 11 heteroatoms. The predicted octanol–water partition coefficient (Wildman–Crippen LogP) is 2.83. The Labute approximate surface area is 209 Å². The molecule has 0 amide bonds. The van der Waals surface area contributed by atoms with Crippen LogP contribution in [-0.2, 0) is 11.2 Å². The molecule has 2 aromatic heterocycles. The Morgan fingerprint density at radius 2 is 2.08 bits per heavy atom. The summed E-state index contributed by atoms with van der Waals surface area (Å²) >= 11 is 0. The first-order valence-corrected chi connectivity index (χ1v) is 12.8. The summed E-state index contributed by atoms with van der Waals surface area (Å²) in [5, 5.41) is 15.5. The molecule has 4 N–H and O–H groups in total. The van der Waals surface area contributed by atoms with E-state index in [4.69, 9.17) is 20.0 Å². The summed E-state index contributed by atoms with van der Waals surface area (Å²) in [6.45, 7) is 6.34. The highest BCUT2D eigenvalue weighted by molar-refractivity contribution is 5.96. The van der Waals surface area contributed by atoms with Crippen molar-refractivity contribution < 1.29 is 9.26 Å². The third-order valence-corrected chi connectivity index (χ3v) is 8.44. The Bertz CT molecular complexity index is 1290. The summed E-state index contributed by atoms with van der Waals surface area (Å²) in [6, 6.07) is 6.43. The predicted molar refractivity (Wildman–Crippen MR) is 136 cm³/mol. The molecular formula is C25H31N9O2. The van der Waals surface area contributed by atoms with Crippen molar-refractivity contribution in [2.24, 2.45) is 16.1 Å². The van der Waals surface area contributed by atoms with Gasteiger partial charge in [0, 0.05) is 42.3 Å². The molecule has 0 radical (unpaired) electrons. The topological polar surface area (TPSA) is 134 Å². The Hall–Kier alpha value is -3.44. The van der Waals surface area contributed by atoms with E-state index in [0.717, 1.165) is 86.3 Å². The monoisotopic (exact) mass is 489 g/mol. The molecule has 0 aliphatic carbocycles. The molecule has 2 atom stereocenters. The van der Waals surface area contributed by atoms with Crippen LogP contribution in [0, 0.1) is 5.41 Å². The number of amidine groups is 1. The van der Waals surface area contributed by atoms with E-state index in [1.54, 1.807) is 0 Å². The van der Waals surface area contributed by atoms with E-state index in [9.17, 15) is 0 Å². The average Bonchev–Trinajstić information content (AvgIpc) is 3.66. The normalized spacial score (nSPS) is 24.9. The smallest absolute Gasteiger partial charge is 0.214 e. The third kappa shape index (κ3) is 3.40. The number of hydrogen-bond donors (Lipinski definition) is 3. The molecule has 2 fully saturated rings. The molecule has 2 saturated heterocycles. The van der Waals surface area contributed by atoms with Gasteiger partial charge < -0.3 is 30.1 Å². The van der Waals surface area contributed by atoms with Crippen molar-refractivity contribution in [3.63, 3.8) is 0 Å². The molecule has 11 nitrogen and oxygen atoms in total. The third-order valence-electron chi connectivity index (χ3n) is 8.44. The van der Waals surface area contributed by atoms with Crippen molar-refractivity contribution in [1.29, 1.82) is 0 Å². The van der Waals surface area contributed by atoms with E-state index < -0.39 is 0 Å². The maximum absolute atomic E-state index is 6.50. The first-order chi connectivity index (χ1) is 17.6. The number of hydrogen-bond acceptors (Lipinski definition) is 10. The fourth-order valence-electron chi connectivity index (χ4n) is 6.22. The number of aryl methyl sites for hydroxylation is 1. The maximum Gasteiger partial charge on any atom is 0.214 e. The van der Waals surface area contributed by atoms with Gasteiger partial charge in [-0.3, -0.25) is 5.10 Å². The molecule has 188 valence electrons. The van der Waals surface area contributed by atoms with Crippen LogP contribution in [0.5, 0.6) is 0 Å². The Balaban J connectivity index is 1.11. The molecule has 4 aliphatic rings. The van der Waals surface area contributed by atoms with Gasteiger partial charge in [-0.25, -0.2) is 4.99 Å². The van der Waals surface area contributed by atoms with Crippen LogP contribution in [0.4, 0.5) is 23.0 Å². The number of H-pyrrole nitrogens is 1. The molecule has 6 heterocycles. The molecule has 0 bridgehead atoms. The number of piperidine rings is 1. The summed E-state index contributed by atoms with van der Waals surface area (Å²) < 4.78 is 10.8. The largest absolute Gasteiger partial charge is 0.376 e. The summed E-state index contributed by atoms with van der Waals surface area (Å²) in [4.78, 5) is 13.8. The number of nitrogens with two attached hydrogens (primary N) is 1. The van der Waals surface area contributed by atoms with E-state index in [1.165, 1.54) is 12.0 Å². The van der Waals surface area contributed by atoms with Gasteiger partial charge in [0.05, 0.1) is 19.3 Å². The van der Waals surface area contributed by atoms with Gasteiger partial charge in [0.25, 0.3) is 0 Å². The highest BCUT2D eigenvalue weighted by atomic mass is 16.5. The number of aromatic nitrogens is 4. The van der Waals surface area contributed by atoms with Crippen LogP contribution < -0.4 is 16.0 Å². The highest BCUT2D eigenvalue weighted by Gasteiger charge is 2.48. The van der Waals surface area contributed by atoms with Gasteiger partial charge in [-0.15, -0.1) is 0 Å². The summed E-state index contributed by atoms with van der Waals surface area (Å²) in [6.07, 6.45) is 5.62. The Morgan fingerprint density at radius 3 is 2.86 bits per heavy atom. The van der Waals surface area contributed by atoms with Gasteiger partial charge in [-0.1, -0.05) is 5.16 Å². The lowest BCUT2D eigenvalue weighted by Crippen LogP contribution is -2.52. The van der Waals surface area contributed by atoms with Crippen LogP contribution >= 0.6 is 0 Å². The van der Waals surface area contributed by atoms with Crippen LogP contribution in [0.3, 0.4) is 0 Å². The van der Waals surface area contributed by atoms with E-state index in [-0.39, 0.29) is 17.6 Å². The lowest BCUT2D eigenvalue weighted by Gasteiger charge is -2.42. The Morgan fingerprint density at radius 1 is 1.19 bits per heavy atom. The number of aromatic amines is 1. The lowest BCUT2D eigenvalue weighted by atomic mass is 9.73. The Kier molecular flexibility index (Phi) is 5.03. The van der Waals surface area contributed by atoms with Crippen LogP contribution in [0.2, 0.25) is 0 Å². The SMILES string of the molecule is C[C@@H]1OCC2(CCN(C3=Nc4[nH]nc(N5CCCc6cc(-c7ncon7)ccc65)c4NC3)CC2)[C@@H]1N. The zero-order valence-corrected chi connectivity index (χ0v) is 20.4. The first kappa shape index (κ1) is 21.8. The number of benzene rings is 1. The van der Waals surface area contributed by atoms with E-state index in [0.29, 0.717) is 12.4 Å². The fraction of sp³-hybridized carbons (Fsp3) is 0.520. The number of nitrogens with one attached hydrogen (secondary N) is 2. The van der Waals surface area contributed by atoms with Crippen LogP contribution in [0.25, 0.3) is 11.4 Å². The minimum atomic E-state index is 0.107. The molecule has 0 unspecified atom stereocenters. The number of anilines is 3. The van der Waals surface area contributed by atoms with Gasteiger partial charge in [0.1, 0.15) is 11.5 Å². The van der Waals surface area contributed by atoms with Gasteiger partial charge >= 0.3 is 0 Å². The van der Waals surface area contributed by atoms with Gasteiger partial charge in [0.15, 0.2) is 11.6 Å². The molecule has 3 aromatic rings. The number of likely N-dealkylation sites (tertiary alicyclic amines) is 1. The number of fused-ring (bicyclic) bond motifs is 2. The minimum absolute atomic E-state index is 0.107. The van der Waals surface area contributed by atoms with Crippen molar-refractivity contribution in [2.75, 3.05) is 43.0 Å². The fourth-order valence-corrected chi connectivity index (χ4v) is 6.22. The van der Waals surface area contributed by atoms with Crippen molar-refractivity contribution in [1.82, 2.24) is 25.2 Å². The number of ether oxygens (including phenoxy) is 1. The molecular weight excluding hydrogens is 458 g/mol. The van der Waals surface area contributed by atoms with Crippen molar-refractivity contribution in [3.8, 4) is 11.4 Å². The van der Waals surface area contributed by atoms with E-state index in [2.05, 4.69) is 54.5 Å². The number of aliphatic imine (C=N–C) groups is 1. The van der Waals surface area contributed by atoms with Crippen molar-refractivity contribution in [3.05, 3.63) is 30.2 Å². The van der Waals surface area contributed by atoms with E-state index >= 15 is 0 Å². The number of nitrogens with zero attached hydrogens (tertiary/aromatic N) is 6. The molecule has 36 heavy (non-hydrogen) atoms. The van der Waals surface area contributed by atoms with Gasteiger partial charge in [-0.05, 0) is 56.4 Å². The standard InChI is InChI=1S/C25H31N9O2/c1-15-21(26)25(13-35-15)6-9-33(10-7-25)19-12-27-20-23(29-19)30-31-24(20)34-8-2-3-16-11-17(4-5-18(16)34)22-28-14-36-32-22/h4-5,11,14-15,21,27H,2-3,6-10,12-13,26H2,1H3,(H,30,31)/t15-,21+/m0/s1. The number of rotatable bonds is 2. The second-order valence-corrected chi connectivity index (χ2v) is 10.4. The first-order valence-electron chi connectivity index (χ1n) is 12.8. The summed E-state index contributed by atoms with van der Waals surface area (Å²) in [7, 11) is 0. The van der Waals surface area contributed by atoms with Crippen molar-refractivity contribution >= 4 is 28.8 Å². The molecule has 1 spiro atoms. The van der Waals surface area contributed by atoms with Crippen LogP contribution in [0.15, 0.2) is 34.1 Å². The zero-order chi connectivity index (χ0) is 24.3. The molecule has 7 rings (SSSR count).